The third-order valence-corrected chi connectivity index (χ3v) is 1.05. The molecule has 0 aliphatic rings. The van der Waals surface area contributed by atoms with E-state index in [1.165, 1.54) is 0 Å². The van der Waals surface area contributed by atoms with Crippen LogP contribution in [0.25, 0.3) is 0 Å². The summed E-state index contributed by atoms with van der Waals surface area (Å²) in [5.41, 5.74) is 1.06. The largest absolute Gasteiger partial charge is 0.357 e. The van der Waals surface area contributed by atoms with Gasteiger partial charge in [0.25, 0.3) is 0 Å². The van der Waals surface area contributed by atoms with Crippen LogP contribution in [0.2, 0.25) is 0 Å². The van der Waals surface area contributed by atoms with E-state index < -0.39 is 0 Å². The van der Waals surface area contributed by atoms with Gasteiger partial charge in [-0.1, -0.05) is 0 Å². The highest BCUT2D eigenvalue weighted by atomic mass is 14.9. The number of rotatable bonds is 1. The zero-order valence-corrected chi connectivity index (χ0v) is 4.83. The maximum absolute atomic E-state index is 5.22. The highest BCUT2D eigenvalue weighted by molar-refractivity contribution is 5.20. The van der Waals surface area contributed by atoms with Gasteiger partial charge in [-0.3, -0.25) is 0 Å². The molecule has 0 amide bonds. The molecule has 0 atom stereocenters. The molecule has 1 heteroatoms. The standard InChI is InChI=1S/C7H8N/c1-3-7-4-5-8(2)6-7/h1,3-6H,2H3. The summed E-state index contributed by atoms with van der Waals surface area (Å²) < 4.78 is 1.96. The highest BCUT2D eigenvalue weighted by Crippen LogP contribution is 1.99. The molecule has 1 nitrogen and oxygen atoms in total. The summed E-state index contributed by atoms with van der Waals surface area (Å²) in [6, 6.07) is 1.96. The molecule has 0 spiro atoms. The second-order valence-corrected chi connectivity index (χ2v) is 1.78. The van der Waals surface area contributed by atoms with E-state index in [1.807, 2.05) is 30.1 Å². The van der Waals surface area contributed by atoms with E-state index in [0.717, 1.165) is 5.56 Å². The lowest BCUT2D eigenvalue weighted by atomic mass is 10.3. The molecule has 0 aromatic carbocycles. The Morgan fingerprint density at radius 3 is 2.75 bits per heavy atom. The minimum atomic E-state index is 1.06. The molecule has 1 heterocycles. The van der Waals surface area contributed by atoms with Gasteiger partial charge < -0.3 is 4.57 Å². The number of hydrogen-bond acceptors (Lipinski definition) is 0. The lowest BCUT2D eigenvalue weighted by Gasteiger charge is -1.83. The predicted molar refractivity (Wildman–Crippen MR) is 33.1 cm³/mol. The average Bonchev–Trinajstić information content (AvgIpc) is 2.14. The van der Waals surface area contributed by atoms with E-state index in [-0.39, 0.29) is 0 Å². The summed E-state index contributed by atoms with van der Waals surface area (Å²) >= 11 is 0. The Bertz CT molecular complexity index is 165. The van der Waals surface area contributed by atoms with E-state index in [0.29, 0.717) is 0 Å². The lowest BCUT2D eigenvalue weighted by Crippen LogP contribution is -1.77. The molecule has 1 rings (SSSR count). The fourth-order valence-corrected chi connectivity index (χ4v) is 0.623. The SMILES string of the molecule is [CH][CH]c1ccn(C)c1. The van der Waals surface area contributed by atoms with Gasteiger partial charge in [-0.2, -0.15) is 0 Å². The second-order valence-electron chi connectivity index (χ2n) is 1.78. The Kier molecular flexibility index (Phi) is 1.38. The van der Waals surface area contributed by atoms with Crippen LogP contribution in [0.4, 0.5) is 0 Å². The van der Waals surface area contributed by atoms with Crippen LogP contribution in [0, 0.1) is 13.3 Å². The zero-order chi connectivity index (χ0) is 5.98. The van der Waals surface area contributed by atoms with Crippen molar-refractivity contribution in [3.63, 3.8) is 0 Å². The topological polar surface area (TPSA) is 4.93 Å². The summed E-state index contributed by atoms with van der Waals surface area (Å²) in [6.07, 6.45) is 5.50. The van der Waals surface area contributed by atoms with Crippen LogP contribution in [-0.4, -0.2) is 4.57 Å². The van der Waals surface area contributed by atoms with Crippen molar-refractivity contribution in [3.8, 4) is 0 Å². The van der Waals surface area contributed by atoms with E-state index in [9.17, 15) is 0 Å². The van der Waals surface area contributed by atoms with Crippen LogP contribution in [0.3, 0.4) is 0 Å². The first-order chi connectivity index (χ1) is 3.83. The molecule has 0 aliphatic heterocycles. The smallest absolute Gasteiger partial charge is 0.0106 e. The predicted octanol–water partition coefficient (Wildman–Crippen LogP) is 1.29. The third-order valence-electron chi connectivity index (χ3n) is 1.05. The molecule has 1 aromatic rings. The zero-order valence-electron chi connectivity index (χ0n) is 4.83. The molecular formula is C7H8N. The average molecular weight is 106 g/mol. The van der Waals surface area contributed by atoms with Crippen molar-refractivity contribution in [2.45, 2.75) is 0 Å². The molecule has 0 saturated heterocycles. The first-order valence-corrected chi connectivity index (χ1v) is 2.50. The summed E-state index contributed by atoms with van der Waals surface area (Å²) in [7, 11) is 1.97. The number of aryl methyl sites for hydroxylation is 1. The minimum absolute atomic E-state index is 1.06. The van der Waals surface area contributed by atoms with Crippen molar-refractivity contribution in [1.29, 1.82) is 0 Å². The first-order valence-electron chi connectivity index (χ1n) is 2.50. The number of nitrogens with zero attached hydrogens (tertiary/aromatic N) is 1. The van der Waals surface area contributed by atoms with Gasteiger partial charge in [0, 0.05) is 19.4 Å². The molecule has 1 aromatic heterocycles. The first kappa shape index (κ1) is 5.42. The van der Waals surface area contributed by atoms with Gasteiger partial charge in [0.05, 0.1) is 0 Å². The molecule has 3 radical (unpaired) electrons. The van der Waals surface area contributed by atoms with Crippen LogP contribution < -0.4 is 0 Å². The van der Waals surface area contributed by atoms with E-state index in [1.54, 1.807) is 6.42 Å². The molecule has 0 unspecified atom stereocenters. The maximum Gasteiger partial charge on any atom is 0.0106 e. The van der Waals surface area contributed by atoms with Crippen molar-refractivity contribution < 1.29 is 0 Å². The summed E-state index contributed by atoms with van der Waals surface area (Å²) in [5.74, 6) is 0. The second kappa shape index (κ2) is 2.03. The molecular weight excluding hydrogens is 98.1 g/mol. The number of hydrogen-bond donors (Lipinski definition) is 0. The normalized spacial score (nSPS) is 9.75. The fraction of sp³-hybridized carbons (Fsp3) is 0.143. The van der Waals surface area contributed by atoms with Gasteiger partial charge in [-0.15, -0.1) is 0 Å². The van der Waals surface area contributed by atoms with Crippen molar-refractivity contribution in [2.24, 2.45) is 7.05 Å². The Labute approximate surface area is 49.9 Å². The van der Waals surface area contributed by atoms with Gasteiger partial charge in [-0.25, -0.2) is 0 Å². The van der Waals surface area contributed by atoms with E-state index >= 15 is 0 Å². The summed E-state index contributed by atoms with van der Waals surface area (Å²) in [6.45, 7) is 5.22. The quantitative estimate of drug-likeness (QED) is 0.508. The molecule has 41 valence electrons. The third kappa shape index (κ3) is 0.915. The molecule has 0 saturated carbocycles. The molecule has 0 N–H and O–H groups in total. The van der Waals surface area contributed by atoms with Gasteiger partial charge in [-0.05, 0) is 25.0 Å². The molecule has 8 heavy (non-hydrogen) atoms. The van der Waals surface area contributed by atoms with Gasteiger partial charge in [0.15, 0.2) is 0 Å². The monoisotopic (exact) mass is 106 g/mol. The summed E-state index contributed by atoms with van der Waals surface area (Å²) in [5, 5.41) is 0. The molecule has 0 bridgehead atoms. The number of aromatic nitrogens is 1. The Hall–Kier alpha value is -0.720. The fourth-order valence-electron chi connectivity index (χ4n) is 0.623. The van der Waals surface area contributed by atoms with Crippen LogP contribution in [0.15, 0.2) is 18.5 Å². The van der Waals surface area contributed by atoms with E-state index in [2.05, 4.69) is 0 Å². The van der Waals surface area contributed by atoms with Crippen molar-refractivity contribution >= 4 is 0 Å². The summed E-state index contributed by atoms with van der Waals surface area (Å²) in [4.78, 5) is 0. The van der Waals surface area contributed by atoms with Crippen LogP contribution in [0.1, 0.15) is 5.56 Å². The van der Waals surface area contributed by atoms with Gasteiger partial charge in [0.1, 0.15) is 0 Å². The van der Waals surface area contributed by atoms with Crippen LogP contribution in [0.5, 0.6) is 0 Å². The van der Waals surface area contributed by atoms with Crippen molar-refractivity contribution in [3.05, 3.63) is 37.4 Å². The lowest BCUT2D eigenvalue weighted by molar-refractivity contribution is 0.926. The van der Waals surface area contributed by atoms with E-state index in [4.69, 9.17) is 6.92 Å². The Balaban J connectivity index is 2.84. The van der Waals surface area contributed by atoms with Crippen LogP contribution >= 0.6 is 0 Å². The van der Waals surface area contributed by atoms with Crippen molar-refractivity contribution in [2.75, 3.05) is 0 Å². The Morgan fingerprint density at radius 2 is 2.50 bits per heavy atom. The van der Waals surface area contributed by atoms with Crippen molar-refractivity contribution in [1.82, 2.24) is 4.57 Å². The van der Waals surface area contributed by atoms with Crippen LogP contribution in [-0.2, 0) is 7.05 Å². The maximum atomic E-state index is 5.22. The Morgan fingerprint density at radius 1 is 1.75 bits per heavy atom. The molecule has 0 aliphatic carbocycles. The highest BCUT2D eigenvalue weighted by Gasteiger charge is 1.86. The minimum Gasteiger partial charge on any atom is -0.357 e. The van der Waals surface area contributed by atoms with Gasteiger partial charge in [0.2, 0.25) is 0 Å². The molecule has 0 fully saturated rings. The van der Waals surface area contributed by atoms with Gasteiger partial charge >= 0.3 is 0 Å².